The van der Waals surface area contributed by atoms with E-state index in [1.807, 2.05) is 45.0 Å². The van der Waals surface area contributed by atoms with Crippen LogP contribution in [-0.2, 0) is 9.59 Å². The van der Waals surface area contributed by atoms with Gasteiger partial charge in [0.05, 0.1) is 11.5 Å². The molecule has 0 saturated carbocycles. The fourth-order valence-electron chi connectivity index (χ4n) is 2.72. The van der Waals surface area contributed by atoms with Gasteiger partial charge in [-0.1, -0.05) is 52.0 Å². The van der Waals surface area contributed by atoms with Crippen molar-refractivity contribution in [2.24, 2.45) is 0 Å². The predicted molar refractivity (Wildman–Crippen MR) is 117 cm³/mol. The first-order valence-corrected chi connectivity index (χ1v) is 10.6. The summed E-state index contributed by atoms with van der Waals surface area (Å²) < 4.78 is 1.39. The molecule has 1 aliphatic rings. The third-order valence-corrected chi connectivity index (χ3v) is 5.87. The largest absolute Gasteiger partial charge is 0.395 e. The van der Waals surface area contributed by atoms with Crippen molar-refractivity contribution < 1.29 is 14.7 Å². The predicted octanol–water partition coefficient (Wildman–Crippen LogP) is 3.66. The fourth-order valence-corrected chi connectivity index (χ4v) is 4.44. The van der Waals surface area contributed by atoms with Gasteiger partial charge >= 0.3 is 0 Å². The Morgan fingerprint density at radius 3 is 2.70 bits per heavy atom. The zero-order chi connectivity index (χ0) is 20.2. The van der Waals surface area contributed by atoms with E-state index >= 15 is 0 Å². The van der Waals surface area contributed by atoms with Crippen LogP contribution in [0.5, 0.6) is 0 Å². The Morgan fingerprint density at radius 2 is 2.11 bits per heavy atom. The molecule has 1 aromatic rings. The molecule has 0 radical (unpaired) electrons. The Morgan fingerprint density at radius 1 is 1.41 bits per heavy atom. The number of hydrogen-bond acceptors (Lipinski definition) is 5. The molecule has 27 heavy (non-hydrogen) atoms. The molecule has 5 nitrogen and oxygen atoms in total. The summed E-state index contributed by atoms with van der Waals surface area (Å²) in [5.74, 6) is -0.288. The first-order chi connectivity index (χ1) is 12.6. The maximum atomic E-state index is 12.7. The number of nitrogens with zero attached hydrogens (tertiary/aromatic N) is 2. The van der Waals surface area contributed by atoms with Gasteiger partial charge in [-0.2, -0.15) is 0 Å². The molecule has 2 amide bonds. The number of halogens is 1. The molecule has 1 aliphatic heterocycles. The molecule has 0 bridgehead atoms. The lowest BCUT2D eigenvalue weighted by molar-refractivity contribution is -0.137. The molecule has 0 aromatic heterocycles. The normalized spacial score (nSPS) is 16.3. The molecular weight excluding hydrogens is 448 g/mol. The van der Waals surface area contributed by atoms with Crippen LogP contribution in [0.1, 0.15) is 32.8 Å². The van der Waals surface area contributed by atoms with Crippen LogP contribution in [0.4, 0.5) is 0 Å². The molecule has 146 valence electrons. The number of benzene rings is 1. The average Bonchev–Trinajstić information content (AvgIpc) is 2.83. The first kappa shape index (κ1) is 22.1. The molecular formula is C19H23BrN2O3S2. The highest BCUT2D eigenvalue weighted by Crippen LogP contribution is 2.33. The molecule has 1 heterocycles. The van der Waals surface area contributed by atoms with Gasteiger partial charge in [-0.15, -0.1) is 0 Å². The van der Waals surface area contributed by atoms with Gasteiger partial charge in [0, 0.05) is 29.5 Å². The molecule has 1 aromatic carbocycles. The SMILES string of the molecule is CC(C)(C)N(CCO)C(=O)CCN1C(=O)C(=Cc2cccc(Br)c2)SC1=S. The van der Waals surface area contributed by atoms with E-state index < -0.39 is 5.54 Å². The summed E-state index contributed by atoms with van der Waals surface area (Å²) in [7, 11) is 0. The third-order valence-electron chi connectivity index (χ3n) is 4.00. The number of β-amino-alcohol motifs (C(OH)–C–C–N with tert-alkyl or cyclic N) is 1. The second kappa shape index (κ2) is 9.32. The van der Waals surface area contributed by atoms with E-state index in [4.69, 9.17) is 12.2 Å². The van der Waals surface area contributed by atoms with Crippen LogP contribution in [0.25, 0.3) is 6.08 Å². The number of hydrogen-bond donors (Lipinski definition) is 1. The monoisotopic (exact) mass is 470 g/mol. The van der Waals surface area contributed by atoms with Gasteiger partial charge in [-0.3, -0.25) is 14.5 Å². The van der Waals surface area contributed by atoms with Gasteiger partial charge in [0.2, 0.25) is 5.91 Å². The number of aliphatic hydroxyl groups excluding tert-OH is 1. The average molecular weight is 471 g/mol. The quantitative estimate of drug-likeness (QED) is 0.507. The Balaban J connectivity index is 2.06. The van der Waals surface area contributed by atoms with E-state index in [1.165, 1.54) is 16.7 Å². The lowest BCUT2D eigenvalue weighted by atomic mass is 10.1. The second-order valence-corrected chi connectivity index (χ2v) is 9.67. The van der Waals surface area contributed by atoms with E-state index in [1.54, 1.807) is 11.0 Å². The van der Waals surface area contributed by atoms with E-state index in [2.05, 4.69) is 15.9 Å². The van der Waals surface area contributed by atoms with Crippen molar-refractivity contribution in [1.82, 2.24) is 9.80 Å². The molecule has 2 rings (SSSR count). The minimum absolute atomic E-state index is 0.0978. The van der Waals surface area contributed by atoms with Crippen molar-refractivity contribution in [3.63, 3.8) is 0 Å². The molecule has 0 aliphatic carbocycles. The summed E-state index contributed by atoms with van der Waals surface area (Å²) in [5.41, 5.74) is 0.512. The van der Waals surface area contributed by atoms with Gasteiger partial charge in [-0.25, -0.2) is 0 Å². The minimum atomic E-state index is -0.393. The number of carbonyl (C=O) groups is 2. The Kier molecular flexibility index (Phi) is 7.62. The Bertz CT molecular complexity index is 774. The summed E-state index contributed by atoms with van der Waals surface area (Å²) in [4.78, 5) is 28.9. The lowest BCUT2D eigenvalue weighted by Crippen LogP contribution is -2.48. The van der Waals surface area contributed by atoms with Crippen LogP contribution in [0, 0.1) is 0 Å². The standard InChI is InChI=1S/C19H23BrN2O3S2/c1-19(2,3)22(9-10-23)16(24)7-8-21-17(25)15(27-18(21)26)12-13-5-4-6-14(20)11-13/h4-6,11-12,23H,7-10H2,1-3H3. The minimum Gasteiger partial charge on any atom is -0.395 e. The van der Waals surface area contributed by atoms with E-state index in [-0.39, 0.29) is 37.9 Å². The van der Waals surface area contributed by atoms with Gasteiger partial charge in [0.1, 0.15) is 4.32 Å². The number of carbonyl (C=O) groups excluding carboxylic acids is 2. The van der Waals surface area contributed by atoms with E-state index in [0.717, 1.165) is 10.0 Å². The van der Waals surface area contributed by atoms with Crippen LogP contribution in [-0.4, -0.2) is 56.3 Å². The maximum Gasteiger partial charge on any atom is 0.266 e. The van der Waals surface area contributed by atoms with Crippen LogP contribution in [0.2, 0.25) is 0 Å². The van der Waals surface area contributed by atoms with Crippen LogP contribution in [0.15, 0.2) is 33.6 Å². The highest BCUT2D eigenvalue weighted by molar-refractivity contribution is 9.10. The van der Waals surface area contributed by atoms with Gasteiger partial charge in [-0.05, 0) is 44.5 Å². The zero-order valence-electron chi connectivity index (χ0n) is 15.6. The van der Waals surface area contributed by atoms with E-state index in [9.17, 15) is 14.7 Å². The van der Waals surface area contributed by atoms with Gasteiger partial charge < -0.3 is 10.0 Å². The molecule has 1 saturated heterocycles. The summed E-state index contributed by atoms with van der Waals surface area (Å²) in [6.45, 7) is 6.16. The summed E-state index contributed by atoms with van der Waals surface area (Å²) in [6, 6.07) is 7.65. The number of thiocarbonyl (C=S) groups is 1. The van der Waals surface area contributed by atoms with Gasteiger partial charge in [0.25, 0.3) is 5.91 Å². The summed E-state index contributed by atoms with van der Waals surface area (Å²) >= 11 is 10.00. The topological polar surface area (TPSA) is 60.9 Å². The Hall–Kier alpha value is -1.22. The molecule has 1 N–H and O–H groups in total. The van der Waals surface area contributed by atoms with Crippen molar-refractivity contribution in [3.05, 3.63) is 39.2 Å². The highest BCUT2D eigenvalue weighted by Gasteiger charge is 2.33. The number of thioether (sulfide) groups is 1. The van der Waals surface area contributed by atoms with Crippen molar-refractivity contribution in [3.8, 4) is 0 Å². The second-order valence-electron chi connectivity index (χ2n) is 7.08. The van der Waals surface area contributed by atoms with Crippen molar-refractivity contribution in [2.75, 3.05) is 19.7 Å². The van der Waals surface area contributed by atoms with E-state index in [0.29, 0.717) is 9.23 Å². The lowest BCUT2D eigenvalue weighted by Gasteiger charge is -2.35. The van der Waals surface area contributed by atoms with Gasteiger partial charge in [0.15, 0.2) is 0 Å². The molecule has 0 spiro atoms. The molecule has 0 unspecified atom stereocenters. The first-order valence-electron chi connectivity index (χ1n) is 8.55. The molecule has 1 fully saturated rings. The third kappa shape index (κ3) is 5.88. The van der Waals surface area contributed by atoms with Crippen LogP contribution in [0.3, 0.4) is 0 Å². The fraction of sp³-hybridized carbons (Fsp3) is 0.421. The number of rotatable bonds is 6. The van der Waals surface area contributed by atoms with Crippen LogP contribution < -0.4 is 0 Å². The van der Waals surface area contributed by atoms with Crippen molar-refractivity contribution in [1.29, 1.82) is 0 Å². The summed E-state index contributed by atoms with van der Waals surface area (Å²) in [6.07, 6.45) is 1.97. The molecule has 0 atom stereocenters. The zero-order valence-corrected chi connectivity index (χ0v) is 18.8. The number of aliphatic hydroxyl groups is 1. The Labute approximate surface area is 177 Å². The van der Waals surface area contributed by atoms with Crippen LogP contribution >= 0.6 is 39.9 Å². The molecule has 8 heteroatoms. The number of amides is 2. The highest BCUT2D eigenvalue weighted by atomic mass is 79.9. The van der Waals surface area contributed by atoms with Crippen molar-refractivity contribution >= 4 is 62.1 Å². The smallest absolute Gasteiger partial charge is 0.266 e. The summed E-state index contributed by atoms with van der Waals surface area (Å²) in [5, 5.41) is 9.21. The van der Waals surface area contributed by atoms with Crippen molar-refractivity contribution in [2.45, 2.75) is 32.7 Å². The maximum absolute atomic E-state index is 12.7.